The molecule has 5 nitrogen and oxygen atoms in total. The van der Waals surface area contributed by atoms with E-state index in [-0.39, 0.29) is 0 Å². The summed E-state index contributed by atoms with van der Waals surface area (Å²) in [6.07, 6.45) is 7.83. The SMILES string of the molecule is C/C(NC1CC(CCCN)C1)=C(/C=N)c1cnc2ccccc2n1. The van der Waals surface area contributed by atoms with Gasteiger partial charge in [0.05, 0.1) is 22.9 Å². The van der Waals surface area contributed by atoms with E-state index in [9.17, 15) is 0 Å². The Labute approximate surface area is 142 Å². The van der Waals surface area contributed by atoms with E-state index in [4.69, 9.17) is 11.1 Å². The second kappa shape index (κ2) is 7.53. The average molecular weight is 323 g/mol. The monoisotopic (exact) mass is 323 g/mol. The zero-order valence-corrected chi connectivity index (χ0v) is 14.1. The molecule has 0 radical (unpaired) electrons. The first-order valence-corrected chi connectivity index (χ1v) is 8.61. The van der Waals surface area contributed by atoms with Gasteiger partial charge < -0.3 is 16.5 Å². The summed E-state index contributed by atoms with van der Waals surface area (Å²) in [5.41, 5.74) is 9.84. The van der Waals surface area contributed by atoms with E-state index in [2.05, 4.69) is 15.3 Å². The zero-order valence-electron chi connectivity index (χ0n) is 14.1. The molecule has 4 N–H and O–H groups in total. The standard InChI is InChI=1S/C19H25N5/c1-13(23-15-9-14(10-15)5-4-8-20)16(11-21)19-12-22-17-6-2-3-7-18(17)24-19/h2-3,6-7,11-12,14-15,21,23H,4-5,8-10,20H2,1H3/b16-13+,21-11?. The van der Waals surface area contributed by atoms with Crippen molar-refractivity contribution in [1.29, 1.82) is 5.41 Å². The van der Waals surface area contributed by atoms with Crippen LogP contribution in [0, 0.1) is 11.3 Å². The molecule has 0 amide bonds. The van der Waals surface area contributed by atoms with Crippen molar-refractivity contribution in [1.82, 2.24) is 15.3 Å². The predicted octanol–water partition coefficient (Wildman–Crippen LogP) is 3.12. The van der Waals surface area contributed by atoms with Gasteiger partial charge in [-0.1, -0.05) is 12.1 Å². The van der Waals surface area contributed by atoms with Crippen molar-refractivity contribution in [3.63, 3.8) is 0 Å². The summed E-state index contributed by atoms with van der Waals surface area (Å²) < 4.78 is 0. The first-order chi connectivity index (χ1) is 11.7. The Balaban J connectivity index is 1.71. The lowest BCUT2D eigenvalue weighted by molar-refractivity contribution is 0.220. The van der Waals surface area contributed by atoms with Crippen molar-refractivity contribution in [2.45, 2.75) is 38.6 Å². The van der Waals surface area contributed by atoms with Crippen LogP contribution in [-0.4, -0.2) is 28.8 Å². The molecule has 3 rings (SSSR count). The molecule has 1 fully saturated rings. The summed E-state index contributed by atoms with van der Waals surface area (Å²) in [6.45, 7) is 2.80. The summed E-state index contributed by atoms with van der Waals surface area (Å²) in [7, 11) is 0. The van der Waals surface area contributed by atoms with Gasteiger partial charge in [0.25, 0.3) is 0 Å². The fourth-order valence-corrected chi connectivity index (χ4v) is 3.34. The number of aromatic nitrogens is 2. The molecule has 1 aliphatic rings. The zero-order chi connectivity index (χ0) is 16.9. The van der Waals surface area contributed by atoms with Crippen LogP contribution in [0.3, 0.4) is 0 Å². The van der Waals surface area contributed by atoms with Gasteiger partial charge in [-0.15, -0.1) is 0 Å². The molecule has 1 aromatic carbocycles. The van der Waals surface area contributed by atoms with E-state index in [1.54, 1.807) is 6.20 Å². The maximum absolute atomic E-state index is 7.78. The molecule has 0 spiro atoms. The average Bonchev–Trinajstić information content (AvgIpc) is 2.57. The molecule has 0 saturated heterocycles. The Bertz CT molecular complexity index is 746. The van der Waals surface area contributed by atoms with Gasteiger partial charge in [-0.25, -0.2) is 4.98 Å². The van der Waals surface area contributed by atoms with Gasteiger partial charge in [0.2, 0.25) is 0 Å². The number of nitrogens with zero attached hydrogens (tertiary/aromatic N) is 2. The van der Waals surface area contributed by atoms with Crippen molar-refractivity contribution in [3.8, 4) is 0 Å². The molecule has 1 aromatic heterocycles. The van der Waals surface area contributed by atoms with Crippen molar-refractivity contribution < 1.29 is 0 Å². The number of fused-ring (bicyclic) bond motifs is 1. The molecule has 0 unspecified atom stereocenters. The maximum atomic E-state index is 7.78. The number of para-hydroxylation sites is 2. The Morgan fingerprint density at radius 2 is 2.08 bits per heavy atom. The molecule has 0 atom stereocenters. The molecule has 1 aliphatic carbocycles. The summed E-state index contributed by atoms with van der Waals surface area (Å²) in [5, 5.41) is 11.3. The normalized spacial score (nSPS) is 21.1. The van der Waals surface area contributed by atoms with E-state index < -0.39 is 0 Å². The Hall–Kier alpha value is -2.27. The number of allylic oxidation sites excluding steroid dienone is 2. The second-order valence-electron chi connectivity index (χ2n) is 6.54. The minimum absolute atomic E-state index is 0.496. The second-order valence-corrected chi connectivity index (χ2v) is 6.54. The molecule has 2 aromatic rings. The molecule has 126 valence electrons. The molecule has 0 aliphatic heterocycles. The number of hydrogen-bond acceptors (Lipinski definition) is 5. The van der Waals surface area contributed by atoms with Crippen LogP contribution < -0.4 is 11.1 Å². The van der Waals surface area contributed by atoms with Gasteiger partial charge in [0.1, 0.15) is 0 Å². The first-order valence-electron chi connectivity index (χ1n) is 8.61. The minimum atomic E-state index is 0.496. The van der Waals surface area contributed by atoms with Crippen LogP contribution in [-0.2, 0) is 0 Å². The van der Waals surface area contributed by atoms with Crippen molar-refractivity contribution in [2.75, 3.05) is 6.54 Å². The summed E-state index contributed by atoms with van der Waals surface area (Å²) in [4.78, 5) is 9.10. The van der Waals surface area contributed by atoms with Crippen LogP contribution >= 0.6 is 0 Å². The molecule has 24 heavy (non-hydrogen) atoms. The number of nitrogens with one attached hydrogen (secondary N) is 2. The van der Waals surface area contributed by atoms with E-state index in [1.807, 2.05) is 31.2 Å². The van der Waals surface area contributed by atoms with Gasteiger partial charge in [-0.05, 0) is 57.2 Å². The lowest BCUT2D eigenvalue weighted by Crippen LogP contribution is -2.40. The first kappa shape index (κ1) is 16.6. The highest BCUT2D eigenvalue weighted by molar-refractivity contribution is 6.08. The maximum Gasteiger partial charge on any atom is 0.0925 e. The predicted molar refractivity (Wildman–Crippen MR) is 98.9 cm³/mol. The van der Waals surface area contributed by atoms with Crippen molar-refractivity contribution in [3.05, 3.63) is 41.9 Å². The Kier molecular flexibility index (Phi) is 5.20. The van der Waals surface area contributed by atoms with Crippen LogP contribution in [0.25, 0.3) is 16.6 Å². The van der Waals surface area contributed by atoms with Gasteiger partial charge >= 0.3 is 0 Å². The highest BCUT2D eigenvalue weighted by atomic mass is 14.9. The third-order valence-electron chi connectivity index (χ3n) is 4.75. The van der Waals surface area contributed by atoms with Crippen LogP contribution in [0.2, 0.25) is 0 Å². The topological polar surface area (TPSA) is 87.7 Å². The molecule has 0 bridgehead atoms. The number of rotatable bonds is 7. The smallest absolute Gasteiger partial charge is 0.0925 e. The van der Waals surface area contributed by atoms with Crippen LogP contribution in [0.5, 0.6) is 0 Å². The fraction of sp³-hybridized carbons (Fsp3) is 0.421. The van der Waals surface area contributed by atoms with Crippen molar-refractivity contribution >= 4 is 22.8 Å². The van der Waals surface area contributed by atoms with Gasteiger partial charge in [0.15, 0.2) is 0 Å². The summed E-state index contributed by atoms with van der Waals surface area (Å²) >= 11 is 0. The Morgan fingerprint density at radius 3 is 2.79 bits per heavy atom. The number of nitrogens with two attached hydrogens (primary N) is 1. The van der Waals surface area contributed by atoms with Gasteiger partial charge in [0, 0.05) is 23.5 Å². The lowest BCUT2D eigenvalue weighted by atomic mass is 9.77. The molecular formula is C19H25N5. The third-order valence-corrected chi connectivity index (χ3v) is 4.75. The number of hydrogen-bond donors (Lipinski definition) is 3. The molecular weight excluding hydrogens is 298 g/mol. The van der Waals surface area contributed by atoms with Crippen LogP contribution in [0.4, 0.5) is 0 Å². The lowest BCUT2D eigenvalue weighted by Gasteiger charge is -2.37. The van der Waals surface area contributed by atoms with Crippen molar-refractivity contribution in [2.24, 2.45) is 11.7 Å². The molecule has 1 heterocycles. The Morgan fingerprint density at radius 1 is 1.33 bits per heavy atom. The van der Waals surface area contributed by atoms with E-state index in [1.165, 1.54) is 25.5 Å². The van der Waals surface area contributed by atoms with E-state index in [0.717, 1.165) is 46.9 Å². The number of benzene rings is 1. The summed E-state index contributed by atoms with van der Waals surface area (Å²) in [6, 6.07) is 8.30. The molecule has 5 heteroatoms. The highest BCUT2D eigenvalue weighted by Crippen LogP contribution is 2.32. The highest BCUT2D eigenvalue weighted by Gasteiger charge is 2.28. The van der Waals surface area contributed by atoms with Crippen LogP contribution in [0.15, 0.2) is 36.2 Å². The molecule has 1 saturated carbocycles. The quantitative estimate of drug-likeness (QED) is 0.683. The van der Waals surface area contributed by atoms with E-state index in [0.29, 0.717) is 6.04 Å². The van der Waals surface area contributed by atoms with Gasteiger partial charge in [-0.3, -0.25) is 4.98 Å². The fourth-order valence-electron chi connectivity index (χ4n) is 3.34. The summed E-state index contributed by atoms with van der Waals surface area (Å²) in [5.74, 6) is 0.794. The van der Waals surface area contributed by atoms with Gasteiger partial charge in [-0.2, -0.15) is 0 Å². The van der Waals surface area contributed by atoms with E-state index >= 15 is 0 Å². The third kappa shape index (κ3) is 3.62. The largest absolute Gasteiger partial charge is 0.385 e. The van der Waals surface area contributed by atoms with Crippen LogP contribution in [0.1, 0.15) is 38.3 Å². The minimum Gasteiger partial charge on any atom is -0.385 e.